The number of hydrogen-bond donors (Lipinski definition) is 0. The minimum absolute atomic E-state index is 0.814. The summed E-state index contributed by atoms with van der Waals surface area (Å²) < 4.78 is 3.84. The largest absolute Gasteiger partial charge is 0.214 e. The van der Waals surface area contributed by atoms with Gasteiger partial charge in [-0.05, 0) is 37.3 Å². The summed E-state index contributed by atoms with van der Waals surface area (Å²) in [5, 5.41) is 11.8. The van der Waals surface area contributed by atoms with Crippen LogP contribution < -0.4 is 0 Å². The maximum Gasteiger partial charge on any atom is 0.166 e. The van der Waals surface area contributed by atoms with E-state index in [0.29, 0.717) is 0 Å². The van der Waals surface area contributed by atoms with Crippen LogP contribution in [0.1, 0.15) is 5.69 Å². The number of pyridine rings is 1. The lowest BCUT2D eigenvalue weighted by atomic mass is 10.1. The highest BCUT2D eigenvalue weighted by atomic mass is 15.3. The van der Waals surface area contributed by atoms with Crippen LogP contribution in [0.5, 0.6) is 0 Å². The highest BCUT2D eigenvalue weighted by Gasteiger charge is 2.19. The number of benzene rings is 3. The summed E-state index contributed by atoms with van der Waals surface area (Å²) in [7, 11) is 0. The van der Waals surface area contributed by atoms with Crippen LogP contribution in [0.2, 0.25) is 0 Å². The molecule has 0 bridgehead atoms. The number of aromatic nitrogens is 5. The zero-order valence-corrected chi connectivity index (χ0v) is 17.0. The smallest absolute Gasteiger partial charge is 0.166 e. The van der Waals surface area contributed by atoms with Gasteiger partial charge in [0.2, 0.25) is 0 Å². The molecule has 3 aromatic carbocycles. The summed E-state index contributed by atoms with van der Waals surface area (Å²) in [6.07, 6.45) is 0. The first-order valence-electron chi connectivity index (χ1n) is 10.2. The first kappa shape index (κ1) is 17.6. The summed E-state index contributed by atoms with van der Waals surface area (Å²) >= 11 is 0. The molecule has 6 rings (SSSR count). The summed E-state index contributed by atoms with van der Waals surface area (Å²) in [6, 6.07) is 32.7. The Kier molecular flexibility index (Phi) is 3.93. The molecule has 0 atom stereocenters. The van der Waals surface area contributed by atoms with Crippen LogP contribution in [0.25, 0.3) is 44.7 Å². The zero-order chi connectivity index (χ0) is 20.8. The van der Waals surface area contributed by atoms with Gasteiger partial charge in [-0.2, -0.15) is 10.2 Å². The predicted octanol–water partition coefficient (Wildman–Crippen LogP) is 5.73. The van der Waals surface area contributed by atoms with E-state index in [1.807, 2.05) is 95.2 Å². The SMILES string of the molecule is Cc1nn(-c2ccccc2)c2nc3c(cc12)c(-c1ccccc1)nn3-c1ccccc1. The minimum atomic E-state index is 0.814. The molecule has 5 nitrogen and oxygen atoms in total. The molecule has 0 aliphatic carbocycles. The van der Waals surface area contributed by atoms with E-state index >= 15 is 0 Å². The van der Waals surface area contributed by atoms with Gasteiger partial charge in [-0.15, -0.1) is 0 Å². The topological polar surface area (TPSA) is 48.5 Å². The highest BCUT2D eigenvalue weighted by molar-refractivity contribution is 5.99. The van der Waals surface area contributed by atoms with Crippen molar-refractivity contribution in [3.8, 4) is 22.6 Å². The van der Waals surface area contributed by atoms with Crippen LogP contribution in [-0.2, 0) is 0 Å². The van der Waals surface area contributed by atoms with Crippen LogP contribution in [-0.4, -0.2) is 24.5 Å². The Bertz CT molecular complexity index is 1510. The Morgan fingerprint density at radius 1 is 0.581 bits per heavy atom. The summed E-state index contributed by atoms with van der Waals surface area (Å²) in [5.74, 6) is 0. The number of hydrogen-bond acceptors (Lipinski definition) is 3. The molecule has 0 saturated heterocycles. The number of nitrogens with zero attached hydrogens (tertiary/aromatic N) is 5. The van der Waals surface area contributed by atoms with Crippen LogP contribution >= 0.6 is 0 Å². The third-order valence-corrected chi connectivity index (χ3v) is 5.53. The maximum atomic E-state index is 5.10. The van der Waals surface area contributed by atoms with Crippen LogP contribution in [0.4, 0.5) is 0 Å². The molecule has 0 aliphatic rings. The molecule has 0 saturated carbocycles. The third-order valence-electron chi connectivity index (χ3n) is 5.53. The molecule has 0 unspecified atom stereocenters. The maximum absolute atomic E-state index is 5.10. The van der Waals surface area contributed by atoms with Gasteiger partial charge in [-0.25, -0.2) is 14.3 Å². The molecule has 0 spiro atoms. The Hall–Kier alpha value is -4.25. The van der Waals surface area contributed by atoms with Gasteiger partial charge in [-0.3, -0.25) is 0 Å². The summed E-state index contributed by atoms with van der Waals surface area (Å²) in [5.41, 5.74) is 6.53. The van der Waals surface area contributed by atoms with Crippen LogP contribution in [0, 0.1) is 6.92 Å². The highest BCUT2D eigenvalue weighted by Crippen LogP contribution is 2.32. The predicted molar refractivity (Wildman–Crippen MR) is 124 cm³/mol. The fourth-order valence-corrected chi connectivity index (χ4v) is 4.02. The van der Waals surface area contributed by atoms with Crippen molar-refractivity contribution >= 4 is 22.1 Å². The standard InChI is InChI=1S/C26H19N5/c1-18-22-17-23-24(19-11-5-2-6-12-19)29-31(21-15-9-4-10-16-21)26(23)27-25(22)30(28-18)20-13-7-3-8-14-20/h2-17H,1H3. The van der Waals surface area contributed by atoms with Crippen molar-refractivity contribution in [2.24, 2.45) is 0 Å². The van der Waals surface area contributed by atoms with Crippen molar-refractivity contribution in [1.82, 2.24) is 24.5 Å². The van der Waals surface area contributed by atoms with Crippen molar-refractivity contribution in [1.29, 1.82) is 0 Å². The fraction of sp³-hybridized carbons (Fsp3) is 0.0385. The van der Waals surface area contributed by atoms with E-state index in [1.165, 1.54) is 0 Å². The van der Waals surface area contributed by atoms with Gasteiger partial charge in [0, 0.05) is 16.3 Å². The summed E-state index contributed by atoms with van der Waals surface area (Å²) in [4.78, 5) is 5.10. The van der Waals surface area contributed by atoms with Gasteiger partial charge in [0.25, 0.3) is 0 Å². The molecular formula is C26H19N5. The van der Waals surface area contributed by atoms with E-state index in [1.54, 1.807) is 0 Å². The second kappa shape index (κ2) is 6.92. The van der Waals surface area contributed by atoms with E-state index in [0.717, 1.165) is 50.4 Å². The van der Waals surface area contributed by atoms with Crippen molar-refractivity contribution in [3.05, 3.63) is 103 Å². The molecule has 0 amide bonds. The van der Waals surface area contributed by atoms with E-state index in [9.17, 15) is 0 Å². The van der Waals surface area contributed by atoms with Crippen molar-refractivity contribution < 1.29 is 0 Å². The van der Waals surface area contributed by atoms with Gasteiger partial charge < -0.3 is 0 Å². The van der Waals surface area contributed by atoms with Crippen molar-refractivity contribution in [2.45, 2.75) is 6.92 Å². The Morgan fingerprint density at radius 3 is 1.71 bits per heavy atom. The number of rotatable bonds is 3. The lowest BCUT2D eigenvalue weighted by Gasteiger charge is -2.04. The molecule has 0 fully saturated rings. The molecule has 0 radical (unpaired) electrons. The first-order chi connectivity index (χ1) is 15.3. The number of para-hydroxylation sites is 2. The van der Waals surface area contributed by atoms with Gasteiger partial charge >= 0.3 is 0 Å². The first-order valence-corrected chi connectivity index (χ1v) is 10.2. The minimum Gasteiger partial charge on any atom is -0.214 e. The third kappa shape index (κ3) is 2.82. The molecule has 5 heteroatoms. The van der Waals surface area contributed by atoms with Gasteiger partial charge in [0.05, 0.1) is 17.1 Å². The molecule has 3 aromatic heterocycles. The average Bonchev–Trinajstić information content (AvgIpc) is 3.37. The lowest BCUT2D eigenvalue weighted by molar-refractivity contribution is 0.870. The fourth-order valence-electron chi connectivity index (χ4n) is 4.02. The monoisotopic (exact) mass is 401 g/mol. The average molecular weight is 401 g/mol. The molecule has 0 N–H and O–H groups in total. The van der Waals surface area contributed by atoms with E-state index in [4.69, 9.17) is 15.2 Å². The van der Waals surface area contributed by atoms with Crippen LogP contribution in [0.3, 0.4) is 0 Å². The second-order valence-electron chi connectivity index (χ2n) is 7.53. The van der Waals surface area contributed by atoms with Crippen molar-refractivity contribution in [3.63, 3.8) is 0 Å². The van der Waals surface area contributed by atoms with Crippen LogP contribution in [0.15, 0.2) is 97.1 Å². The normalized spacial score (nSPS) is 11.4. The Labute approximate surface area is 179 Å². The second-order valence-corrected chi connectivity index (χ2v) is 7.53. The summed E-state index contributed by atoms with van der Waals surface area (Å²) in [6.45, 7) is 2.03. The van der Waals surface area contributed by atoms with Gasteiger partial charge in [0.15, 0.2) is 11.3 Å². The number of fused-ring (bicyclic) bond motifs is 2. The zero-order valence-electron chi connectivity index (χ0n) is 17.0. The molecule has 148 valence electrons. The Balaban J connectivity index is 1.71. The van der Waals surface area contributed by atoms with Crippen molar-refractivity contribution in [2.75, 3.05) is 0 Å². The van der Waals surface area contributed by atoms with E-state index in [2.05, 4.69) is 18.2 Å². The van der Waals surface area contributed by atoms with Gasteiger partial charge in [-0.1, -0.05) is 66.7 Å². The quantitative estimate of drug-likeness (QED) is 0.380. The number of aryl methyl sites for hydroxylation is 1. The molecule has 31 heavy (non-hydrogen) atoms. The van der Waals surface area contributed by atoms with E-state index in [-0.39, 0.29) is 0 Å². The molecule has 6 aromatic rings. The van der Waals surface area contributed by atoms with Gasteiger partial charge in [0.1, 0.15) is 5.69 Å². The molecular weight excluding hydrogens is 382 g/mol. The van der Waals surface area contributed by atoms with E-state index < -0.39 is 0 Å². The molecule has 0 aliphatic heterocycles. The Morgan fingerprint density at radius 2 is 1.10 bits per heavy atom. The molecule has 3 heterocycles. The lowest BCUT2D eigenvalue weighted by Crippen LogP contribution is -2.00.